The van der Waals surface area contributed by atoms with Crippen molar-refractivity contribution in [2.45, 2.75) is 0 Å². The highest BCUT2D eigenvalue weighted by Crippen LogP contribution is 2.30. The predicted octanol–water partition coefficient (Wildman–Crippen LogP) is 3.44. The second-order valence-electron chi connectivity index (χ2n) is 5.43. The lowest BCUT2D eigenvalue weighted by molar-refractivity contribution is 0.0716. The van der Waals surface area contributed by atoms with Crippen LogP contribution in [-0.4, -0.2) is 32.3 Å². The van der Waals surface area contributed by atoms with Crippen molar-refractivity contribution >= 4 is 11.7 Å². The Kier molecular flexibility index (Phi) is 5.08. The van der Waals surface area contributed by atoms with Gasteiger partial charge in [0.15, 0.2) is 0 Å². The summed E-state index contributed by atoms with van der Waals surface area (Å²) in [6.45, 7) is 2.44. The molecular formula is C17H12F5NO3. The van der Waals surface area contributed by atoms with Gasteiger partial charge in [0, 0.05) is 18.8 Å². The molecule has 1 heterocycles. The SMILES string of the molecule is O=C(Oc1c(F)c(F)c(F)c(F)c1F)c1ccc(N2CCOCC2)cc1. The molecule has 0 bridgehead atoms. The van der Waals surface area contributed by atoms with Crippen LogP contribution < -0.4 is 9.64 Å². The first-order chi connectivity index (χ1) is 12.4. The Morgan fingerprint density at radius 2 is 1.35 bits per heavy atom. The maximum atomic E-state index is 13.6. The number of carbonyl (C=O) groups excluding carboxylic acids is 1. The van der Waals surface area contributed by atoms with Crippen molar-refractivity contribution < 1.29 is 36.2 Å². The number of hydrogen-bond acceptors (Lipinski definition) is 4. The monoisotopic (exact) mass is 373 g/mol. The first-order valence-corrected chi connectivity index (χ1v) is 7.56. The predicted molar refractivity (Wildman–Crippen MR) is 80.7 cm³/mol. The Bertz CT molecular complexity index is 806. The van der Waals surface area contributed by atoms with Gasteiger partial charge in [-0.1, -0.05) is 0 Å². The van der Waals surface area contributed by atoms with Crippen LogP contribution >= 0.6 is 0 Å². The standard InChI is InChI=1S/C17H12F5NO3/c18-11-12(19)14(21)16(15(22)13(11)20)26-17(24)9-1-3-10(4-2-9)23-5-7-25-8-6-23/h1-4H,5-8H2. The number of esters is 1. The topological polar surface area (TPSA) is 38.8 Å². The van der Waals surface area contributed by atoms with E-state index in [1.54, 1.807) is 12.1 Å². The van der Waals surface area contributed by atoms with Crippen LogP contribution in [0.5, 0.6) is 5.75 Å². The zero-order valence-electron chi connectivity index (χ0n) is 13.2. The highest BCUT2D eigenvalue weighted by Gasteiger charge is 2.28. The van der Waals surface area contributed by atoms with Gasteiger partial charge in [-0.2, -0.15) is 8.78 Å². The lowest BCUT2D eigenvalue weighted by Gasteiger charge is -2.28. The minimum absolute atomic E-state index is 0.106. The van der Waals surface area contributed by atoms with E-state index in [2.05, 4.69) is 4.74 Å². The summed E-state index contributed by atoms with van der Waals surface area (Å²) < 4.78 is 76.0. The highest BCUT2D eigenvalue weighted by molar-refractivity contribution is 5.91. The maximum absolute atomic E-state index is 13.6. The second kappa shape index (κ2) is 7.28. The Labute approximate surface area is 144 Å². The third-order valence-electron chi connectivity index (χ3n) is 3.84. The molecule has 0 N–H and O–H groups in total. The average Bonchev–Trinajstić information content (AvgIpc) is 2.69. The van der Waals surface area contributed by atoms with Crippen molar-refractivity contribution in [1.29, 1.82) is 0 Å². The van der Waals surface area contributed by atoms with Crippen molar-refractivity contribution in [2.75, 3.05) is 31.2 Å². The van der Waals surface area contributed by atoms with Gasteiger partial charge in [0.05, 0.1) is 18.8 Å². The van der Waals surface area contributed by atoms with Gasteiger partial charge in [-0.3, -0.25) is 0 Å². The Hall–Kier alpha value is -2.68. The molecule has 1 aliphatic rings. The molecule has 0 atom stereocenters. The molecule has 0 unspecified atom stereocenters. The van der Waals surface area contributed by atoms with Crippen LogP contribution in [-0.2, 0) is 4.74 Å². The Balaban J connectivity index is 1.80. The van der Waals surface area contributed by atoms with E-state index in [1.807, 2.05) is 4.90 Å². The first-order valence-electron chi connectivity index (χ1n) is 7.56. The third-order valence-corrected chi connectivity index (χ3v) is 3.84. The van der Waals surface area contributed by atoms with Gasteiger partial charge in [0.25, 0.3) is 0 Å². The Morgan fingerprint density at radius 3 is 1.88 bits per heavy atom. The molecule has 0 aliphatic carbocycles. The normalized spacial score (nSPS) is 14.4. The lowest BCUT2D eigenvalue weighted by Crippen LogP contribution is -2.36. The van der Waals surface area contributed by atoms with E-state index in [-0.39, 0.29) is 5.56 Å². The summed E-state index contributed by atoms with van der Waals surface area (Å²) in [5.41, 5.74) is 0.687. The number of benzene rings is 2. The van der Waals surface area contributed by atoms with Gasteiger partial charge in [-0.05, 0) is 24.3 Å². The first kappa shape index (κ1) is 18.1. The molecule has 1 fully saturated rings. The van der Waals surface area contributed by atoms with E-state index in [0.29, 0.717) is 26.3 Å². The fraction of sp³-hybridized carbons (Fsp3) is 0.235. The largest absolute Gasteiger partial charge is 0.416 e. The van der Waals surface area contributed by atoms with Crippen molar-refractivity contribution in [1.82, 2.24) is 0 Å². The fourth-order valence-electron chi connectivity index (χ4n) is 2.46. The summed E-state index contributed by atoms with van der Waals surface area (Å²) in [4.78, 5) is 14.0. The number of halogens is 5. The minimum atomic E-state index is -2.32. The second-order valence-corrected chi connectivity index (χ2v) is 5.43. The van der Waals surface area contributed by atoms with E-state index < -0.39 is 40.8 Å². The smallest absolute Gasteiger partial charge is 0.343 e. The quantitative estimate of drug-likeness (QED) is 0.272. The van der Waals surface area contributed by atoms with Crippen LogP contribution in [0.15, 0.2) is 24.3 Å². The molecule has 0 radical (unpaired) electrons. The maximum Gasteiger partial charge on any atom is 0.343 e. The zero-order valence-corrected chi connectivity index (χ0v) is 13.2. The van der Waals surface area contributed by atoms with Gasteiger partial charge in [0.1, 0.15) is 0 Å². The molecule has 0 saturated carbocycles. The van der Waals surface area contributed by atoms with Crippen molar-refractivity contribution in [2.24, 2.45) is 0 Å². The van der Waals surface area contributed by atoms with E-state index in [4.69, 9.17) is 4.74 Å². The van der Waals surface area contributed by atoms with E-state index in [1.165, 1.54) is 12.1 Å². The molecule has 138 valence electrons. The fourth-order valence-corrected chi connectivity index (χ4v) is 2.46. The molecule has 0 aromatic heterocycles. The molecule has 2 aromatic rings. The molecule has 1 aliphatic heterocycles. The van der Waals surface area contributed by atoms with Gasteiger partial charge < -0.3 is 14.4 Å². The summed E-state index contributed by atoms with van der Waals surface area (Å²) in [5, 5.41) is 0. The van der Waals surface area contributed by atoms with Crippen molar-refractivity contribution in [3.05, 3.63) is 58.9 Å². The highest BCUT2D eigenvalue weighted by atomic mass is 19.2. The third kappa shape index (κ3) is 3.34. The number of hydrogen-bond donors (Lipinski definition) is 0. The summed E-state index contributed by atoms with van der Waals surface area (Å²) in [5.74, 6) is -14.0. The lowest BCUT2D eigenvalue weighted by atomic mass is 10.2. The molecule has 1 saturated heterocycles. The van der Waals surface area contributed by atoms with Crippen LogP contribution in [0.4, 0.5) is 27.6 Å². The molecule has 2 aromatic carbocycles. The summed E-state index contributed by atoms with van der Waals surface area (Å²) >= 11 is 0. The van der Waals surface area contributed by atoms with Crippen LogP contribution in [0.25, 0.3) is 0 Å². The summed E-state index contributed by atoms with van der Waals surface area (Å²) in [6, 6.07) is 5.83. The van der Waals surface area contributed by atoms with E-state index >= 15 is 0 Å². The van der Waals surface area contributed by atoms with Gasteiger partial charge in [-0.15, -0.1) is 0 Å². The average molecular weight is 373 g/mol. The number of ether oxygens (including phenoxy) is 2. The minimum Gasteiger partial charge on any atom is -0.416 e. The van der Waals surface area contributed by atoms with Crippen LogP contribution in [0.1, 0.15) is 10.4 Å². The van der Waals surface area contributed by atoms with Crippen molar-refractivity contribution in [3.63, 3.8) is 0 Å². The van der Waals surface area contributed by atoms with Gasteiger partial charge in [-0.25, -0.2) is 18.0 Å². The van der Waals surface area contributed by atoms with Crippen LogP contribution in [0, 0.1) is 29.1 Å². The molecule has 0 spiro atoms. The van der Waals surface area contributed by atoms with Gasteiger partial charge >= 0.3 is 5.97 Å². The molecular weight excluding hydrogens is 361 g/mol. The zero-order chi connectivity index (χ0) is 18.8. The number of rotatable bonds is 3. The molecule has 9 heteroatoms. The van der Waals surface area contributed by atoms with E-state index in [9.17, 15) is 26.7 Å². The molecule has 3 rings (SSSR count). The number of morpholine rings is 1. The van der Waals surface area contributed by atoms with Crippen LogP contribution in [0.3, 0.4) is 0 Å². The van der Waals surface area contributed by atoms with Gasteiger partial charge in [0.2, 0.25) is 34.8 Å². The number of anilines is 1. The van der Waals surface area contributed by atoms with Crippen LogP contribution in [0.2, 0.25) is 0 Å². The summed E-state index contributed by atoms with van der Waals surface area (Å²) in [6.07, 6.45) is 0. The van der Waals surface area contributed by atoms with Crippen molar-refractivity contribution in [3.8, 4) is 5.75 Å². The molecule has 0 amide bonds. The van der Waals surface area contributed by atoms with E-state index in [0.717, 1.165) is 5.69 Å². The number of nitrogens with zero attached hydrogens (tertiary/aromatic N) is 1. The molecule has 26 heavy (non-hydrogen) atoms. The molecule has 4 nitrogen and oxygen atoms in total. The number of carbonyl (C=O) groups is 1. The Morgan fingerprint density at radius 1 is 0.846 bits per heavy atom. The summed E-state index contributed by atoms with van der Waals surface area (Å²) in [7, 11) is 0.